The van der Waals surface area contributed by atoms with Crippen LogP contribution in [0.4, 0.5) is 0 Å². The summed E-state index contributed by atoms with van der Waals surface area (Å²) < 4.78 is 6.49. The number of aryl methyl sites for hydroxylation is 2. The zero-order valence-corrected chi connectivity index (χ0v) is 32.1. The van der Waals surface area contributed by atoms with Crippen LogP contribution < -0.4 is 0 Å². The number of nitrogens with zero attached hydrogens (tertiary/aromatic N) is 2. The van der Waals surface area contributed by atoms with Gasteiger partial charge in [0.2, 0.25) is 0 Å². The van der Waals surface area contributed by atoms with Crippen molar-refractivity contribution in [2.75, 3.05) is 0 Å². The third-order valence-electron chi connectivity index (χ3n) is 11.5. The van der Waals surface area contributed by atoms with Crippen LogP contribution in [0.5, 0.6) is 0 Å². The number of hydrogen-bond donors (Lipinski definition) is 0. The zero-order valence-electron chi connectivity index (χ0n) is 32.1. The second-order valence-corrected chi connectivity index (χ2v) is 15.2. The average molecular weight is 717 g/mol. The van der Waals surface area contributed by atoms with Crippen molar-refractivity contribution in [3.63, 3.8) is 0 Å². The molecule has 3 heteroatoms. The largest absolute Gasteiger partial charge is 0.456 e. The van der Waals surface area contributed by atoms with Crippen molar-refractivity contribution in [1.82, 2.24) is 9.97 Å². The lowest BCUT2D eigenvalue weighted by Crippen LogP contribution is -1.98. The average Bonchev–Trinajstić information content (AvgIpc) is 3.61. The molecule has 55 heavy (non-hydrogen) atoms. The van der Waals surface area contributed by atoms with Crippen LogP contribution in [0.1, 0.15) is 76.3 Å². The fraction of sp³-hybridized carbons (Fsp3) is 0.231. The summed E-state index contributed by atoms with van der Waals surface area (Å²) >= 11 is 0. The van der Waals surface area contributed by atoms with E-state index in [4.69, 9.17) is 14.4 Å². The number of fused-ring (bicyclic) bond motifs is 9. The van der Waals surface area contributed by atoms with Gasteiger partial charge in [-0.1, -0.05) is 156 Å². The van der Waals surface area contributed by atoms with Gasteiger partial charge in [0.25, 0.3) is 0 Å². The fourth-order valence-corrected chi connectivity index (χ4v) is 8.53. The molecule has 272 valence electrons. The monoisotopic (exact) mass is 716 g/mol. The summed E-state index contributed by atoms with van der Waals surface area (Å²) in [7, 11) is 0. The second-order valence-electron chi connectivity index (χ2n) is 15.2. The van der Waals surface area contributed by atoms with Crippen LogP contribution >= 0.6 is 0 Å². The maximum absolute atomic E-state index is 6.49. The molecule has 0 unspecified atom stereocenters. The minimum Gasteiger partial charge on any atom is -0.456 e. The summed E-state index contributed by atoms with van der Waals surface area (Å²) in [6.45, 7) is 4.60. The molecule has 0 N–H and O–H groups in total. The van der Waals surface area contributed by atoms with Gasteiger partial charge in [0.05, 0.1) is 11.4 Å². The third-order valence-corrected chi connectivity index (χ3v) is 11.5. The van der Waals surface area contributed by atoms with Gasteiger partial charge in [0, 0.05) is 27.5 Å². The third kappa shape index (κ3) is 6.89. The summed E-state index contributed by atoms with van der Waals surface area (Å²) in [5.74, 6) is 0.731. The molecule has 7 aromatic carbocycles. The summed E-state index contributed by atoms with van der Waals surface area (Å²) in [4.78, 5) is 10.3. The van der Waals surface area contributed by atoms with Gasteiger partial charge < -0.3 is 4.42 Å². The first-order valence-corrected chi connectivity index (χ1v) is 20.4. The first-order chi connectivity index (χ1) is 27.2. The van der Waals surface area contributed by atoms with Crippen LogP contribution in [0, 0.1) is 0 Å². The maximum atomic E-state index is 6.49. The van der Waals surface area contributed by atoms with Crippen molar-refractivity contribution in [3.05, 3.63) is 145 Å². The minimum absolute atomic E-state index is 0.731. The molecule has 0 spiro atoms. The number of benzene rings is 7. The Hall–Kier alpha value is -5.80. The second kappa shape index (κ2) is 15.5. The van der Waals surface area contributed by atoms with Crippen LogP contribution in [0.15, 0.2) is 138 Å². The quantitative estimate of drug-likeness (QED) is 0.0881. The van der Waals surface area contributed by atoms with E-state index in [9.17, 15) is 0 Å². The Morgan fingerprint density at radius 1 is 0.382 bits per heavy atom. The molecule has 0 saturated carbocycles. The Morgan fingerprint density at radius 3 is 1.62 bits per heavy atom. The molecule has 0 atom stereocenters. The first-order valence-electron chi connectivity index (χ1n) is 20.4. The van der Waals surface area contributed by atoms with E-state index in [-0.39, 0.29) is 0 Å². The highest BCUT2D eigenvalue weighted by molar-refractivity contribution is 6.28. The highest BCUT2D eigenvalue weighted by Gasteiger charge is 2.18. The zero-order chi connectivity index (χ0) is 37.1. The summed E-state index contributed by atoms with van der Waals surface area (Å²) in [5, 5.41) is 10.0. The van der Waals surface area contributed by atoms with Gasteiger partial charge in [-0.3, -0.25) is 0 Å². The van der Waals surface area contributed by atoms with Crippen molar-refractivity contribution >= 4 is 54.3 Å². The molecule has 0 aliphatic heterocycles. The molecular formula is C52H48N2O. The van der Waals surface area contributed by atoms with Crippen LogP contribution in [0.25, 0.3) is 88.2 Å². The lowest BCUT2D eigenvalue weighted by molar-refractivity contribution is 0.651. The number of unbranched alkanes of at least 4 members (excludes halogenated alkanes) is 6. The maximum Gasteiger partial charge on any atom is 0.160 e. The number of rotatable bonds is 13. The molecule has 0 aliphatic rings. The van der Waals surface area contributed by atoms with Gasteiger partial charge in [-0.2, -0.15) is 0 Å². The molecule has 0 aliphatic carbocycles. The van der Waals surface area contributed by atoms with E-state index >= 15 is 0 Å². The van der Waals surface area contributed by atoms with Crippen LogP contribution in [-0.2, 0) is 12.8 Å². The Kier molecular flexibility index (Phi) is 9.85. The Morgan fingerprint density at radius 2 is 0.945 bits per heavy atom. The summed E-state index contributed by atoms with van der Waals surface area (Å²) in [6, 6.07) is 48.1. The van der Waals surface area contributed by atoms with E-state index < -0.39 is 0 Å². The highest BCUT2D eigenvalue weighted by Crippen LogP contribution is 2.42. The summed E-state index contributed by atoms with van der Waals surface area (Å²) in [6.07, 6.45) is 12.3. The van der Waals surface area contributed by atoms with Gasteiger partial charge in [-0.15, -0.1) is 0 Å². The molecular weight excluding hydrogens is 669 g/mol. The molecule has 2 heterocycles. The molecule has 0 amide bonds. The van der Waals surface area contributed by atoms with Gasteiger partial charge in [0.1, 0.15) is 11.2 Å². The highest BCUT2D eigenvalue weighted by atomic mass is 16.3. The lowest BCUT2D eigenvalue weighted by Gasteiger charge is -2.17. The van der Waals surface area contributed by atoms with E-state index in [0.717, 1.165) is 57.9 Å². The number of para-hydroxylation sites is 1. The van der Waals surface area contributed by atoms with E-state index in [1.165, 1.54) is 106 Å². The fourth-order valence-electron chi connectivity index (χ4n) is 8.53. The first kappa shape index (κ1) is 34.9. The summed E-state index contributed by atoms with van der Waals surface area (Å²) in [5.41, 5.74) is 9.91. The van der Waals surface area contributed by atoms with Crippen LogP contribution in [0.2, 0.25) is 0 Å². The van der Waals surface area contributed by atoms with Crippen molar-refractivity contribution in [2.24, 2.45) is 0 Å². The molecule has 0 radical (unpaired) electrons. The standard InChI is InChI=1S/C52H48N2O/c1-3-5-7-11-23-37-29-43-42-31-39(49-34-48(35-19-13-9-14-20-35)53-52(54-49)36-21-15-10-16-22-36)27-28-40(42)46-33-51-47(41-25-17-18-26-50(41)55-51)32-45(46)44(43)30-38(37)24-12-8-6-4-2/h9-10,13-22,25-34H,3-8,11-12,23-24H2,1-2H3. The van der Waals surface area contributed by atoms with Crippen molar-refractivity contribution in [3.8, 4) is 33.9 Å². The number of hydrogen-bond acceptors (Lipinski definition) is 3. The van der Waals surface area contributed by atoms with Crippen molar-refractivity contribution < 1.29 is 4.42 Å². The van der Waals surface area contributed by atoms with E-state index in [0.29, 0.717) is 0 Å². The van der Waals surface area contributed by atoms with Crippen molar-refractivity contribution in [1.29, 1.82) is 0 Å². The van der Waals surface area contributed by atoms with E-state index in [1.807, 2.05) is 6.07 Å². The Bertz CT molecular complexity index is 2720. The van der Waals surface area contributed by atoms with E-state index in [1.54, 1.807) is 0 Å². The van der Waals surface area contributed by atoms with Gasteiger partial charge >= 0.3 is 0 Å². The Labute approximate surface area is 324 Å². The minimum atomic E-state index is 0.731. The van der Waals surface area contributed by atoms with Gasteiger partial charge in [-0.05, 0) is 99.5 Å². The molecule has 0 fully saturated rings. The SMILES string of the molecule is CCCCCCc1cc2c3cc(-c4cc(-c5ccccc5)nc(-c5ccccc5)n4)ccc3c3cc4oc5ccccc5c4cc3c2cc1CCCCCC. The lowest BCUT2D eigenvalue weighted by atomic mass is 9.87. The van der Waals surface area contributed by atoms with Crippen molar-refractivity contribution in [2.45, 2.75) is 78.1 Å². The molecule has 0 saturated heterocycles. The van der Waals surface area contributed by atoms with Crippen LogP contribution in [0.3, 0.4) is 0 Å². The van der Waals surface area contributed by atoms with Gasteiger partial charge in [0.15, 0.2) is 5.82 Å². The van der Waals surface area contributed by atoms with Crippen LogP contribution in [-0.4, -0.2) is 9.97 Å². The van der Waals surface area contributed by atoms with E-state index in [2.05, 4.69) is 141 Å². The predicted molar refractivity (Wildman–Crippen MR) is 234 cm³/mol. The predicted octanol–water partition coefficient (Wildman–Crippen LogP) is 15.1. The smallest absolute Gasteiger partial charge is 0.160 e. The Balaban J connectivity index is 1.30. The topological polar surface area (TPSA) is 38.9 Å². The number of furan rings is 1. The normalized spacial score (nSPS) is 11.8. The molecule has 2 aromatic heterocycles. The van der Waals surface area contributed by atoms with Gasteiger partial charge in [-0.25, -0.2) is 9.97 Å². The molecule has 9 rings (SSSR count). The number of aromatic nitrogens is 2. The molecule has 0 bridgehead atoms. The molecule has 3 nitrogen and oxygen atoms in total. The molecule has 9 aromatic rings.